The van der Waals surface area contributed by atoms with Crippen LogP contribution in [-0.2, 0) is 22.5 Å². The van der Waals surface area contributed by atoms with Gasteiger partial charge in [0, 0.05) is 13.1 Å². The van der Waals surface area contributed by atoms with Crippen LogP contribution in [0.15, 0.2) is 54.6 Å². The van der Waals surface area contributed by atoms with E-state index in [0.29, 0.717) is 12.2 Å². The lowest BCUT2D eigenvalue weighted by atomic mass is 10.0. The minimum Gasteiger partial charge on any atom is -0.457 e. The fourth-order valence-electron chi connectivity index (χ4n) is 3.28. The summed E-state index contributed by atoms with van der Waals surface area (Å²) in [5.74, 6) is -0.268. The van der Waals surface area contributed by atoms with Crippen molar-refractivity contribution in [3.8, 4) is 0 Å². The number of benzene rings is 2. The third-order valence-corrected chi connectivity index (χ3v) is 4.95. The highest BCUT2D eigenvalue weighted by Gasteiger charge is 2.09. The largest absolute Gasteiger partial charge is 0.457 e. The fraction of sp³-hybridized carbons (Fsp3) is 0.435. The van der Waals surface area contributed by atoms with Crippen LogP contribution in [0.3, 0.4) is 0 Å². The van der Waals surface area contributed by atoms with Gasteiger partial charge in [0.05, 0.1) is 18.8 Å². The van der Waals surface area contributed by atoms with Crippen LogP contribution in [0, 0.1) is 0 Å². The van der Waals surface area contributed by atoms with Crippen molar-refractivity contribution < 1.29 is 14.3 Å². The summed E-state index contributed by atoms with van der Waals surface area (Å²) in [6.45, 7) is 5.38. The highest BCUT2D eigenvalue weighted by molar-refractivity contribution is 5.89. The Morgan fingerprint density at radius 1 is 0.889 bits per heavy atom. The topological polar surface area (TPSA) is 38.8 Å². The molecule has 0 saturated carbocycles. The van der Waals surface area contributed by atoms with Gasteiger partial charge in [-0.2, -0.15) is 0 Å². The highest BCUT2D eigenvalue weighted by Crippen LogP contribution is 2.12. The van der Waals surface area contributed by atoms with Crippen molar-refractivity contribution >= 4 is 5.97 Å². The lowest BCUT2D eigenvalue weighted by Gasteiger charge is -2.26. The second-order valence-electron chi connectivity index (χ2n) is 7.02. The first-order chi connectivity index (χ1) is 13.3. The number of rotatable bonds is 9. The van der Waals surface area contributed by atoms with E-state index in [9.17, 15) is 4.79 Å². The molecule has 4 heteroatoms. The summed E-state index contributed by atoms with van der Waals surface area (Å²) in [5, 5.41) is 0. The Bertz CT molecular complexity index is 679. The van der Waals surface area contributed by atoms with E-state index < -0.39 is 0 Å². The summed E-state index contributed by atoms with van der Waals surface area (Å²) in [6.07, 6.45) is 4.71. The van der Waals surface area contributed by atoms with E-state index in [1.54, 1.807) is 0 Å². The molecule has 1 aliphatic rings. The Balaban J connectivity index is 1.33. The molecule has 0 unspecified atom stereocenters. The molecule has 0 spiro atoms. The second-order valence-corrected chi connectivity index (χ2v) is 7.02. The number of hydrogen-bond donors (Lipinski definition) is 0. The van der Waals surface area contributed by atoms with E-state index >= 15 is 0 Å². The molecule has 2 aromatic rings. The van der Waals surface area contributed by atoms with Crippen LogP contribution >= 0.6 is 0 Å². The summed E-state index contributed by atoms with van der Waals surface area (Å²) in [5.41, 5.74) is 2.89. The molecule has 0 radical (unpaired) electrons. The normalized spacial score (nSPS) is 14.8. The van der Waals surface area contributed by atoms with E-state index in [1.165, 1.54) is 31.4 Å². The first-order valence-electron chi connectivity index (χ1n) is 9.91. The van der Waals surface area contributed by atoms with Crippen LogP contribution in [-0.4, -0.2) is 43.7 Å². The molecule has 0 bridgehead atoms. The molecule has 3 rings (SSSR count). The molecule has 0 aromatic heterocycles. The fourth-order valence-corrected chi connectivity index (χ4v) is 3.28. The van der Waals surface area contributed by atoms with Crippen molar-refractivity contribution in [1.82, 2.24) is 4.90 Å². The Hall–Kier alpha value is -2.17. The molecule has 1 saturated heterocycles. The molecule has 0 atom stereocenters. The molecular formula is C23H29NO3. The zero-order valence-electron chi connectivity index (χ0n) is 15.9. The lowest BCUT2D eigenvalue weighted by Crippen LogP contribution is -2.36. The van der Waals surface area contributed by atoms with E-state index in [2.05, 4.69) is 4.90 Å². The SMILES string of the molecule is O=C(OCc1ccccc1)c1ccc(CCCCCN2CCOCC2)cc1. The van der Waals surface area contributed by atoms with Crippen LogP contribution in [0.2, 0.25) is 0 Å². The van der Waals surface area contributed by atoms with Gasteiger partial charge in [-0.3, -0.25) is 4.90 Å². The zero-order chi connectivity index (χ0) is 18.7. The van der Waals surface area contributed by atoms with Crippen molar-refractivity contribution in [2.45, 2.75) is 32.3 Å². The number of aryl methyl sites for hydroxylation is 1. The minimum absolute atomic E-state index is 0.268. The van der Waals surface area contributed by atoms with Gasteiger partial charge in [-0.15, -0.1) is 0 Å². The van der Waals surface area contributed by atoms with Gasteiger partial charge < -0.3 is 9.47 Å². The van der Waals surface area contributed by atoms with Gasteiger partial charge in [-0.25, -0.2) is 4.79 Å². The minimum atomic E-state index is -0.268. The second kappa shape index (κ2) is 10.9. The standard InChI is InChI=1S/C23H29NO3/c25-23(27-19-21-8-3-1-4-9-21)22-12-10-20(11-13-22)7-5-2-6-14-24-15-17-26-18-16-24/h1,3-4,8-13H,2,5-7,14-19H2. The predicted octanol–water partition coefficient (Wildman–Crippen LogP) is 4.09. The molecular weight excluding hydrogens is 338 g/mol. The number of esters is 1. The van der Waals surface area contributed by atoms with Crippen molar-refractivity contribution in [2.24, 2.45) is 0 Å². The van der Waals surface area contributed by atoms with Gasteiger partial charge in [0.15, 0.2) is 0 Å². The van der Waals surface area contributed by atoms with Gasteiger partial charge in [-0.1, -0.05) is 48.9 Å². The smallest absolute Gasteiger partial charge is 0.338 e. The first kappa shape index (κ1) is 19.6. The molecule has 2 aromatic carbocycles. The quantitative estimate of drug-likeness (QED) is 0.494. The van der Waals surface area contributed by atoms with E-state index in [1.807, 2.05) is 54.6 Å². The Kier molecular flexibility index (Phi) is 7.87. The summed E-state index contributed by atoms with van der Waals surface area (Å²) in [6, 6.07) is 17.6. The number of morpholine rings is 1. The Labute approximate surface area is 162 Å². The van der Waals surface area contributed by atoms with Crippen LogP contribution in [0.25, 0.3) is 0 Å². The van der Waals surface area contributed by atoms with Gasteiger partial charge in [0.25, 0.3) is 0 Å². The number of hydrogen-bond acceptors (Lipinski definition) is 4. The van der Waals surface area contributed by atoms with Crippen molar-refractivity contribution in [3.05, 3.63) is 71.3 Å². The van der Waals surface area contributed by atoms with Crippen LogP contribution < -0.4 is 0 Å². The number of nitrogens with zero attached hydrogens (tertiary/aromatic N) is 1. The lowest BCUT2D eigenvalue weighted by molar-refractivity contribution is 0.0371. The monoisotopic (exact) mass is 367 g/mol. The first-order valence-corrected chi connectivity index (χ1v) is 9.91. The molecule has 0 amide bonds. The highest BCUT2D eigenvalue weighted by atomic mass is 16.5. The third-order valence-electron chi connectivity index (χ3n) is 4.95. The molecule has 4 nitrogen and oxygen atoms in total. The summed E-state index contributed by atoms with van der Waals surface area (Å²) >= 11 is 0. The van der Waals surface area contributed by atoms with E-state index in [0.717, 1.165) is 38.3 Å². The molecule has 1 heterocycles. The molecule has 0 N–H and O–H groups in total. The molecule has 1 aliphatic heterocycles. The van der Waals surface area contributed by atoms with Crippen molar-refractivity contribution in [1.29, 1.82) is 0 Å². The third kappa shape index (κ3) is 6.81. The average Bonchev–Trinajstić information content (AvgIpc) is 2.74. The Morgan fingerprint density at radius 2 is 1.63 bits per heavy atom. The zero-order valence-corrected chi connectivity index (χ0v) is 15.9. The van der Waals surface area contributed by atoms with Gasteiger partial charge in [0.2, 0.25) is 0 Å². The van der Waals surface area contributed by atoms with E-state index in [4.69, 9.17) is 9.47 Å². The van der Waals surface area contributed by atoms with Crippen LogP contribution in [0.4, 0.5) is 0 Å². The number of carbonyl (C=O) groups excluding carboxylic acids is 1. The summed E-state index contributed by atoms with van der Waals surface area (Å²) in [7, 11) is 0. The van der Waals surface area contributed by atoms with Gasteiger partial charge in [0.1, 0.15) is 6.61 Å². The molecule has 1 fully saturated rings. The molecule has 27 heavy (non-hydrogen) atoms. The van der Waals surface area contributed by atoms with E-state index in [-0.39, 0.29) is 5.97 Å². The maximum Gasteiger partial charge on any atom is 0.338 e. The number of ether oxygens (including phenoxy) is 2. The maximum absolute atomic E-state index is 12.1. The van der Waals surface area contributed by atoms with Gasteiger partial charge in [-0.05, 0) is 49.1 Å². The number of unbranched alkanes of at least 4 members (excludes halogenated alkanes) is 2. The van der Waals surface area contributed by atoms with Gasteiger partial charge >= 0.3 is 5.97 Å². The van der Waals surface area contributed by atoms with Crippen LogP contribution in [0.5, 0.6) is 0 Å². The van der Waals surface area contributed by atoms with Crippen LogP contribution in [0.1, 0.15) is 40.7 Å². The molecule has 144 valence electrons. The Morgan fingerprint density at radius 3 is 2.37 bits per heavy atom. The summed E-state index contributed by atoms with van der Waals surface area (Å²) < 4.78 is 10.7. The average molecular weight is 367 g/mol. The van der Waals surface area contributed by atoms with Crippen molar-refractivity contribution in [2.75, 3.05) is 32.8 Å². The predicted molar refractivity (Wildman–Crippen MR) is 107 cm³/mol. The summed E-state index contributed by atoms with van der Waals surface area (Å²) in [4.78, 5) is 14.6. The molecule has 0 aliphatic carbocycles. The van der Waals surface area contributed by atoms with Crippen molar-refractivity contribution in [3.63, 3.8) is 0 Å². The maximum atomic E-state index is 12.1. The number of carbonyl (C=O) groups is 1.